The fourth-order valence-electron chi connectivity index (χ4n) is 1.24. The van der Waals surface area contributed by atoms with Crippen LogP contribution in [0.1, 0.15) is 20.7 Å². The number of nitrogen functional groups attached to an aromatic ring is 2. The van der Waals surface area contributed by atoms with Crippen molar-refractivity contribution in [2.45, 2.75) is 0 Å². The van der Waals surface area contributed by atoms with Crippen molar-refractivity contribution in [1.82, 2.24) is 0 Å². The van der Waals surface area contributed by atoms with Gasteiger partial charge in [-0.25, -0.2) is 0 Å². The molecule has 0 heterocycles. The standard InChI is InChI=1S/2C7H7NO2.Zn/c2*8-6-3-1-5(2-4-6)7(9)10;/h2*1-4H,8H2,(H,9,10);/q;;+2/p-2. The van der Waals surface area contributed by atoms with Crippen molar-refractivity contribution in [1.29, 1.82) is 0 Å². The van der Waals surface area contributed by atoms with E-state index >= 15 is 0 Å². The first-order valence-electron chi connectivity index (χ1n) is 5.54. The van der Waals surface area contributed by atoms with Crippen LogP contribution in [-0.2, 0) is 19.5 Å². The van der Waals surface area contributed by atoms with E-state index < -0.39 is 11.9 Å². The van der Waals surface area contributed by atoms with E-state index in [0.717, 1.165) is 0 Å². The summed E-state index contributed by atoms with van der Waals surface area (Å²) in [6.45, 7) is 0. The average Bonchev–Trinajstić information content (AvgIpc) is 2.40. The number of carbonyl (C=O) groups excluding carboxylic acids is 2. The molecule has 0 fully saturated rings. The third-order valence-corrected chi connectivity index (χ3v) is 2.29. The second kappa shape index (κ2) is 8.71. The number of anilines is 2. The number of aromatic carboxylic acids is 2. The summed E-state index contributed by atoms with van der Waals surface area (Å²) < 4.78 is 0. The van der Waals surface area contributed by atoms with E-state index in [-0.39, 0.29) is 30.6 Å². The predicted molar refractivity (Wildman–Crippen MR) is 70.4 cm³/mol. The summed E-state index contributed by atoms with van der Waals surface area (Å²) in [7, 11) is 0. The monoisotopic (exact) mass is 336 g/mol. The normalized spacial score (nSPS) is 8.76. The van der Waals surface area contributed by atoms with Gasteiger partial charge in [0, 0.05) is 11.4 Å². The molecule has 0 saturated heterocycles. The molecule has 2 aromatic carbocycles. The molecule has 0 radical (unpaired) electrons. The van der Waals surface area contributed by atoms with Gasteiger partial charge in [-0.15, -0.1) is 0 Å². The van der Waals surface area contributed by atoms with Crippen LogP contribution in [0.25, 0.3) is 0 Å². The summed E-state index contributed by atoms with van der Waals surface area (Å²) in [6, 6.07) is 11.7. The summed E-state index contributed by atoms with van der Waals surface area (Å²) in [4.78, 5) is 20.3. The smallest absolute Gasteiger partial charge is 0.545 e. The van der Waals surface area contributed by atoms with Crippen LogP contribution in [0.15, 0.2) is 48.5 Å². The van der Waals surface area contributed by atoms with Crippen molar-refractivity contribution in [3.05, 3.63) is 59.7 Å². The van der Waals surface area contributed by atoms with Gasteiger partial charge < -0.3 is 31.3 Å². The predicted octanol–water partition coefficient (Wildman–Crippen LogP) is -0.738. The number of nitrogens with two attached hydrogens (primary N) is 2. The molecule has 0 unspecified atom stereocenters. The summed E-state index contributed by atoms with van der Waals surface area (Å²) in [5, 5.41) is 20.3. The molecule has 0 aliphatic carbocycles. The van der Waals surface area contributed by atoms with Crippen LogP contribution in [0.4, 0.5) is 11.4 Å². The van der Waals surface area contributed by atoms with Gasteiger partial charge in [0.2, 0.25) is 0 Å². The van der Waals surface area contributed by atoms with Crippen molar-refractivity contribution >= 4 is 23.3 Å². The molecule has 0 bridgehead atoms. The van der Waals surface area contributed by atoms with E-state index in [1.807, 2.05) is 0 Å². The Morgan fingerprint density at radius 1 is 0.667 bits per heavy atom. The number of hydrogen-bond acceptors (Lipinski definition) is 6. The maximum Gasteiger partial charge on any atom is 2.00 e. The molecule has 21 heavy (non-hydrogen) atoms. The fourth-order valence-corrected chi connectivity index (χ4v) is 1.24. The van der Waals surface area contributed by atoms with Gasteiger partial charge >= 0.3 is 19.5 Å². The summed E-state index contributed by atoms with van der Waals surface area (Å²) in [6.07, 6.45) is 0. The first-order valence-corrected chi connectivity index (χ1v) is 5.54. The van der Waals surface area contributed by atoms with E-state index in [1.165, 1.54) is 48.5 Å². The van der Waals surface area contributed by atoms with Crippen LogP contribution in [0, 0.1) is 0 Å². The average molecular weight is 338 g/mol. The molecule has 0 atom stereocenters. The molecule has 0 spiro atoms. The minimum Gasteiger partial charge on any atom is -0.545 e. The first kappa shape index (κ1) is 18.6. The number of carbonyl (C=O) groups is 2. The van der Waals surface area contributed by atoms with Gasteiger partial charge in [0.15, 0.2) is 0 Å². The number of benzene rings is 2. The van der Waals surface area contributed by atoms with Gasteiger partial charge in [0.05, 0.1) is 11.9 Å². The van der Waals surface area contributed by atoms with E-state index in [4.69, 9.17) is 11.5 Å². The zero-order valence-corrected chi connectivity index (χ0v) is 14.1. The fraction of sp³-hybridized carbons (Fsp3) is 0. The van der Waals surface area contributed by atoms with Crippen molar-refractivity contribution in [3.63, 3.8) is 0 Å². The zero-order chi connectivity index (χ0) is 15.1. The minimum atomic E-state index is -1.18. The van der Waals surface area contributed by atoms with Crippen LogP contribution >= 0.6 is 0 Å². The number of hydrogen-bond donors (Lipinski definition) is 2. The zero-order valence-electron chi connectivity index (χ0n) is 11.1. The first-order chi connectivity index (χ1) is 9.40. The van der Waals surface area contributed by atoms with E-state index in [9.17, 15) is 19.8 Å². The maximum atomic E-state index is 10.2. The summed E-state index contributed by atoms with van der Waals surface area (Å²) >= 11 is 0. The van der Waals surface area contributed by atoms with Gasteiger partial charge in [-0.2, -0.15) is 0 Å². The second-order valence-electron chi connectivity index (χ2n) is 3.82. The van der Waals surface area contributed by atoms with Crippen LogP contribution in [-0.4, -0.2) is 11.9 Å². The second-order valence-corrected chi connectivity index (χ2v) is 3.82. The molecule has 0 saturated carbocycles. The van der Waals surface area contributed by atoms with Crippen LogP contribution in [0.5, 0.6) is 0 Å². The Hall–Kier alpha value is -2.40. The molecule has 0 aromatic heterocycles. The molecule has 0 aliphatic heterocycles. The maximum absolute atomic E-state index is 10.2. The number of carboxylic acid groups (broad SMARTS) is 2. The Balaban J connectivity index is 0.000000364. The molecule has 104 valence electrons. The molecule has 2 aromatic rings. The molecule has 4 N–H and O–H groups in total. The quantitative estimate of drug-likeness (QED) is 0.548. The Morgan fingerprint density at radius 2 is 0.905 bits per heavy atom. The summed E-state index contributed by atoms with van der Waals surface area (Å²) in [5.74, 6) is -2.36. The molecular formula is C14H12N2O4Zn. The van der Waals surface area contributed by atoms with Crippen LogP contribution < -0.4 is 21.7 Å². The Morgan fingerprint density at radius 3 is 1.10 bits per heavy atom. The van der Waals surface area contributed by atoms with Gasteiger partial charge in [-0.05, 0) is 35.4 Å². The number of rotatable bonds is 2. The Bertz CT molecular complexity index is 542. The van der Waals surface area contributed by atoms with Crippen LogP contribution in [0.2, 0.25) is 0 Å². The van der Waals surface area contributed by atoms with E-state index in [1.54, 1.807) is 0 Å². The van der Waals surface area contributed by atoms with Gasteiger partial charge in [-0.1, -0.05) is 24.3 Å². The summed E-state index contributed by atoms with van der Waals surface area (Å²) in [5.41, 5.74) is 12.0. The van der Waals surface area contributed by atoms with Crippen molar-refractivity contribution in [3.8, 4) is 0 Å². The molecule has 0 amide bonds. The SMILES string of the molecule is Nc1ccc(C(=O)[O-])cc1.Nc1ccc(C(=O)[O-])cc1.[Zn+2]. The van der Waals surface area contributed by atoms with E-state index in [2.05, 4.69) is 0 Å². The molecular weight excluding hydrogens is 326 g/mol. The Labute approximate surface area is 134 Å². The minimum absolute atomic E-state index is 0. The van der Waals surface area contributed by atoms with Crippen LogP contribution in [0.3, 0.4) is 0 Å². The van der Waals surface area contributed by atoms with Gasteiger partial charge in [0.1, 0.15) is 0 Å². The van der Waals surface area contributed by atoms with Crippen molar-refractivity contribution in [2.75, 3.05) is 11.5 Å². The molecule has 6 nitrogen and oxygen atoms in total. The van der Waals surface area contributed by atoms with Crippen molar-refractivity contribution in [2.24, 2.45) is 0 Å². The van der Waals surface area contributed by atoms with Gasteiger partial charge in [-0.3, -0.25) is 0 Å². The van der Waals surface area contributed by atoms with Crippen molar-refractivity contribution < 1.29 is 39.3 Å². The third-order valence-electron chi connectivity index (χ3n) is 2.29. The topological polar surface area (TPSA) is 132 Å². The third kappa shape index (κ3) is 6.54. The van der Waals surface area contributed by atoms with Gasteiger partial charge in [0.25, 0.3) is 0 Å². The molecule has 2 rings (SSSR count). The largest absolute Gasteiger partial charge is 2.00 e. The molecule has 7 heteroatoms. The number of carboxylic acids is 2. The Kier molecular flexibility index (Phi) is 7.72. The van der Waals surface area contributed by atoms with E-state index in [0.29, 0.717) is 11.4 Å². The molecule has 0 aliphatic rings.